The lowest BCUT2D eigenvalue weighted by Gasteiger charge is -2.10. The van der Waals surface area contributed by atoms with E-state index in [1.807, 2.05) is 24.3 Å². The summed E-state index contributed by atoms with van der Waals surface area (Å²) in [6.07, 6.45) is 0. The smallest absolute Gasteiger partial charge is 0.332 e. The molecule has 0 aliphatic carbocycles. The molecule has 2 aromatic heterocycles. The van der Waals surface area contributed by atoms with Gasteiger partial charge in [0.15, 0.2) is 11.2 Å². The van der Waals surface area contributed by atoms with E-state index in [0.717, 1.165) is 14.6 Å². The van der Waals surface area contributed by atoms with E-state index in [1.165, 1.54) is 11.6 Å². The molecule has 148 valence electrons. The molecule has 2 aromatic carbocycles. The van der Waals surface area contributed by atoms with Gasteiger partial charge in [-0.05, 0) is 42.0 Å². The molecule has 0 unspecified atom stereocenters. The van der Waals surface area contributed by atoms with Crippen LogP contribution in [0.2, 0.25) is 5.02 Å². The minimum absolute atomic E-state index is 0.218. The molecule has 0 atom stereocenters. The van der Waals surface area contributed by atoms with Crippen LogP contribution in [0, 0.1) is 0 Å². The van der Waals surface area contributed by atoms with E-state index >= 15 is 0 Å². The van der Waals surface area contributed by atoms with Crippen LogP contribution in [0.3, 0.4) is 0 Å². The maximum atomic E-state index is 12.9. The molecule has 0 saturated heterocycles. The Kier molecular flexibility index (Phi) is 5.06. The SMILES string of the molecule is Cn1c(=O)c2c(nc(Oc3ccc(Br)cc3)n2Cc2ccc(Cl)cc2)n(C)c1=O. The third-order valence-corrected chi connectivity index (χ3v) is 5.37. The number of halogens is 2. The largest absolute Gasteiger partial charge is 0.425 e. The molecule has 9 heteroatoms. The highest BCUT2D eigenvalue weighted by Crippen LogP contribution is 2.26. The topological polar surface area (TPSA) is 71.1 Å². The van der Waals surface area contributed by atoms with Crippen molar-refractivity contribution in [2.24, 2.45) is 14.1 Å². The Labute approximate surface area is 178 Å². The van der Waals surface area contributed by atoms with Crippen LogP contribution in [-0.4, -0.2) is 18.7 Å². The van der Waals surface area contributed by atoms with Gasteiger partial charge in [0.25, 0.3) is 5.56 Å². The average molecular weight is 476 g/mol. The maximum Gasteiger partial charge on any atom is 0.332 e. The number of hydrogen-bond acceptors (Lipinski definition) is 4. The fourth-order valence-electron chi connectivity index (χ4n) is 3.03. The number of rotatable bonds is 4. The second-order valence-corrected chi connectivity index (χ2v) is 7.89. The first-order chi connectivity index (χ1) is 13.8. The number of aromatic nitrogens is 4. The van der Waals surface area contributed by atoms with Crippen molar-refractivity contribution < 1.29 is 4.74 Å². The van der Waals surface area contributed by atoms with E-state index < -0.39 is 11.2 Å². The Morgan fingerprint density at radius 3 is 2.31 bits per heavy atom. The molecule has 0 saturated carbocycles. The van der Waals surface area contributed by atoms with Crippen LogP contribution in [0.1, 0.15) is 5.56 Å². The Morgan fingerprint density at radius 1 is 1.00 bits per heavy atom. The van der Waals surface area contributed by atoms with Crippen molar-refractivity contribution in [3.05, 3.63) is 84.4 Å². The molecular weight excluding hydrogens is 460 g/mol. The average Bonchev–Trinajstić information content (AvgIpc) is 3.06. The maximum absolute atomic E-state index is 12.9. The molecule has 0 spiro atoms. The summed E-state index contributed by atoms with van der Waals surface area (Å²) >= 11 is 9.37. The third-order valence-electron chi connectivity index (χ3n) is 4.59. The number of hydrogen-bond donors (Lipinski definition) is 0. The number of imidazole rings is 1. The van der Waals surface area contributed by atoms with Crippen molar-refractivity contribution in [2.75, 3.05) is 0 Å². The van der Waals surface area contributed by atoms with E-state index in [1.54, 1.807) is 35.9 Å². The zero-order chi connectivity index (χ0) is 20.7. The lowest BCUT2D eigenvalue weighted by Crippen LogP contribution is -2.37. The quantitative estimate of drug-likeness (QED) is 0.451. The number of fused-ring (bicyclic) bond motifs is 1. The lowest BCUT2D eigenvalue weighted by molar-refractivity contribution is 0.421. The molecule has 4 rings (SSSR count). The van der Waals surface area contributed by atoms with Gasteiger partial charge in [0, 0.05) is 23.6 Å². The zero-order valence-electron chi connectivity index (χ0n) is 15.6. The first-order valence-corrected chi connectivity index (χ1v) is 9.86. The van der Waals surface area contributed by atoms with Crippen LogP contribution in [0.25, 0.3) is 11.2 Å². The summed E-state index contributed by atoms with van der Waals surface area (Å²) in [7, 11) is 3.02. The van der Waals surface area contributed by atoms with Crippen molar-refractivity contribution in [1.82, 2.24) is 18.7 Å². The summed E-state index contributed by atoms with van der Waals surface area (Å²) < 4.78 is 11.0. The molecule has 0 amide bonds. The Bertz CT molecular complexity index is 1320. The number of nitrogens with zero attached hydrogens (tertiary/aromatic N) is 4. The van der Waals surface area contributed by atoms with Crippen LogP contribution < -0.4 is 16.0 Å². The van der Waals surface area contributed by atoms with Crippen molar-refractivity contribution in [3.63, 3.8) is 0 Å². The lowest BCUT2D eigenvalue weighted by atomic mass is 10.2. The molecule has 0 aliphatic heterocycles. The van der Waals surface area contributed by atoms with Crippen LogP contribution >= 0.6 is 27.5 Å². The van der Waals surface area contributed by atoms with E-state index in [9.17, 15) is 9.59 Å². The molecule has 0 bridgehead atoms. The molecular formula is C20H16BrClN4O3. The number of aryl methyl sites for hydroxylation is 1. The fourth-order valence-corrected chi connectivity index (χ4v) is 3.42. The van der Waals surface area contributed by atoms with E-state index in [0.29, 0.717) is 17.3 Å². The summed E-state index contributed by atoms with van der Waals surface area (Å²) in [6, 6.07) is 14.8. The summed E-state index contributed by atoms with van der Waals surface area (Å²) in [5.41, 5.74) is 0.574. The van der Waals surface area contributed by atoms with E-state index in [-0.39, 0.29) is 17.2 Å². The molecule has 29 heavy (non-hydrogen) atoms. The van der Waals surface area contributed by atoms with Gasteiger partial charge in [-0.3, -0.25) is 18.5 Å². The minimum atomic E-state index is -0.450. The number of benzene rings is 2. The predicted molar refractivity (Wildman–Crippen MR) is 115 cm³/mol. The normalized spacial score (nSPS) is 11.2. The van der Waals surface area contributed by atoms with Crippen LogP contribution in [0.4, 0.5) is 0 Å². The summed E-state index contributed by atoms with van der Waals surface area (Å²) in [5, 5.41) is 0.619. The van der Waals surface area contributed by atoms with E-state index in [4.69, 9.17) is 16.3 Å². The highest BCUT2D eigenvalue weighted by atomic mass is 79.9. The Balaban J connectivity index is 1.93. The Morgan fingerprint density at radius 2 is 1.66 bits per heavy atom. The van der Waals surface area contributed by atoms with Gasteiger partial charge in [-0.25, -0.2) is 4.79 Å². The molecule has 0 aliphatic rings. The monoisotopic (exact) mass is 474 g/mol. The standard InChI is InChI=1S/C20H16BrClN4O3/c1-24-17-16(18(27)25(2)20(24)28)26(11-12-3-7-14(22)8-4-12)19(23-17)29-15-9-5-13(21)6-10-15/h3-10H,11H2,1-2H3. The minimum Gasteiger partial charge on any atom is -0.425 e. The molecule has 4 aromatic rings. The van der Waals surface area contributed by atoms with Crippen molar-refractivity contribution in [2.45, 2.75) is 6.54 Å². The first kappa shape index (κ1) is 19.5. The molecule has 7 nitrogen and oxygen atoms in total. The Hall–Kier alpha value is -2.84. The van der Waals surface area contributed by atoms with Crippen LogP contribution in [0.5, 0.6) is 11.8 Å². The highest BCUT2D eigenvalue weighted by molar-refractivity contribution is 9.10. The molecule has 2 heterocycles. The van der Waals surface area contributed by atoms with Gasteiger partial charge in [-0.2, -0.15) is 4.98 Å². The van der Waals surface area contributed by atoms with Gasteiger partial charge in [0.05, 0.1) is 6.54 Å². The molecule has 0 fully saturated rings. The number of ether oxygens (including phenoxy) is 1. The summed E-state index contributed by atoms with van der Waals surface area (Å²) in [5.74, 6) is 0.558. The predicted octanol–water partition coefficient (Wildman–Crippen LogP) is 3.69. The van der Waals surface area contributed by atoms with Crippen molar-refractivity contribution in [1.29, 1.82) is 0 Å². The second-order valence-electron chi connectivity index (χ2n) is 6.54. The van der Waals surface area contributed by atoms with E-state index in [2.05, 4.69) is 20.9 Å². The summed E-state index contributed by atoms with van der Waals surface area (Å²) in [4.78, 5) is 29.7. The third kappa shape index (κ3) is 3.61. The second kappa shape index (κ2) is 7.53. The molecule has 0 radical (unpaired) electrons. The van der Waals surface area contributed by atoms with Gasteiger partial charge in [-0.1, -0.05) is 39.7 Å². The van der Waals surface area contributed by atoms with Gasteiger partial charge in [-0.15, -0.1) is 0 Å². The van der Waals surface area contributed by atoms with Crippen molar-refractivity contribution in [3.8, 4) is 11.8 Å². The zero-order valence-corrected chi connectivity index (χ0v) is 17.9. The highest BCUT2D eigenvalue weighted by Gasteiger charge is 2.21. The fraction of sp³-hybridized carbons (Fsp3) is 0.150. The van der Waals surface area contributed by atoms with Crippen LogP contribution in [-0.2, 0) is 20.6 Å². The van der Waals surface area contributed by atoms with Crippen molar-refractivity contribution >= 4 is 38.7 Å². The van der Waals surface area contributed by atoms with Gasteiger partial charge >= 0.3 is 11.7 Å². The van der Waals surface area contributed by atoms with Gasteiger partial charge < -0.3 is 4.74 Å². The summed E-state index contributed by atoms with van der Waals surface area (Å²) in [6.45, 7) is 0.326. The van der Waals surface area contributed by atoms with Crippen LogP contribution in [0.15, 0.2) is 62.6 Å². The van der Waals surface area contributed by atoms with Gasteiger partial charge in [0.1, 0.15) is 5.75 Å². The first-order valence-electron chi connectivity index (χ1n) is 8.69. The molecule has 0 N–H and O–H groups in total. The van der Waals surface area contributed by atoms with Gasteiger partial charge in [0.2, 0.25) is 0 Å².